The summed E-state index contributed by atoms with van der Waals surface area (Å²) in [5, 5.41) is 9.73. The van der Waals surface area contributed by atoms with Crippen LogP contribution in [0.25, 0.3) is 0 Å². The summed E-state index contributed by atoms with van der Waals surface area (Å²) in [6, 6.07) is 5.57. The van der Waals surface area contributed by atoms with E-state index in [1.54, 1.807) is 0 Å². The zero-order chi connectivity index (χ0) is 10.0. The van der Waals surface area contributed by atoms with Crippen LogP contribution in [0.2, 0.25) is 0 Å². The van der Waals surface area contributed by atoms with Crippen molar-refractivity contribution in [2.24, 2.45) is 11.7 Å². The molecule has 0 aliphatic carbocycles. The maximum atomic E-state index is 9.73. The molecule has 72 valence electrons. The van der Waals surface area contributed by atoms with Crippen LogP contribution < -0.4 is 5.73 Å². The molecule has 0 saturated carbocycles. The molecule has 3 heteroatoms. The molecule has 2 nitrogen and oxygen atoms in total. The quantitative estimate of drug-likeness (QED) is 0.823. The van der Waals surface area contributed by atoms with Crippen molar-refractivity contribution in [1.82, 2.24) is 0 Å². The number of phenolic OH excluding ortho intramolecular Hbond substituents is 1. The van der Waals surface area contributed by atoms with Crippen LogP contribution in [-0.4, -0.2) is 5.11 Å². The predicted octanol–water partition coefficient (Wildman–Crippen LogP) is 2.65. The normalized spacial score (nSPS) is 13.3. The number of phenols is 1. The van der Waals surface area contributed by atoms with Gasteiger partial charge in [-0.25, -0.2) is 0 Å². The lowest BCUT2D eigenvalue weighted by molar-refractivity contribution is 0.437. The predicted molar refractivity (Wildman–Crippen MR) is 62.6 cm³/mol. The first-order valence-electron chi connectivity index (χ1n) is 4.27. The first kappa shape index (κ1) is 10.8. The van der Waals surface area contributed by atoms with E-state index < -0.39 is 0 Å². The van der Waals surface area contributed by atoms with Crippen molar-refractivity contribution >= 4 is 22.6 Å². The van der Waals surface area contributed by atoms with Gasteiger partial charge >= 0.3 is 0 Å². The Morgan fingerprint density at radius 3 is 2.54 bits per heavy atom. The van der Waals surface area contributed by atoms with Crippen LogP contribution in [0, 0.1) is 9.49 Å². The molecule has 13 heavy (non-hydrogen) atoms. The fourth-order valence-electron chi connectivity index (χ4n) is 1.16. The molecule has 1 aromatic rings. The highest BCUT2D eigenvalue weighted by Gasteiger charge is 2.15. The minimum Gasteiger partial charge on any atom is -0.506 e. The summed E-state index contributed by atoms with van der Waals surface area (Å²) in [4.78, 5) is 0. The number of hydrogen-bond donors (Lipinski definition) is 2. The maximum Gasteiger partial charge on any atom is 0.133 e. The van der Waals surface area contributed by atoms with Gasteiger partial charge in [0.25, 0.3) is 0 Å². The van der Waals surface area contributed by atoms with Crippen molar-refractivity contribution in [3.8, 4) is 5.75 Å². The summed E-state index contributed by atoms with van der Waals surface area (Å²) in [7, 11) is 0. The summed E-state index contributed by atoms with van der Waals surface area (Å²) in [6.45, 7) is 4.09. The van der Waals surface area contributed by atoms with Crippen molar-refractivity contribution < 1.29 is 5.11 Å². The second kappa shape index (κ2) is 4.28. The van der Waals surface area contributed by atoms with Crippen LogP contribution in [0.1, 0.15) is 25.5 Å². The minimum absolute atomic E-state index is 0.0882. The Labute approximate surface area is 92.3 Å². The molecule has 0 fully saturated rings. The molecule has 1 aromatic carbocycles. The molecule has 0 saturated heterocycles. The second-order valence-corrected chi connectivity index (χ2v) is 4.61. The number of rotatable bonds is 2. The molecule has 0 amide bonds. The highest BCUT2D eigenvalue weighted by molar-refractivity contribution is 14.1. The number of nitrogens with two attached hydrogens (primary N) is 1. The van der Waals surface area contributed by atoms with Crippen molar-refractivity contribution in [2.45, 2.75) is 19.9 Å². The van der Waals surface area contributed by atoms with Gasteiger partial charge in [0.1, 0.15) is 5.75 Å². The fraction of sp³-hybridized carbons (Fsp3) is 0.400. The average Bonchev–Trinajstić information content (AvgIpc) is 2.08. The Morgan fingerprint density at radius 1 is 1.38 bits per heavy atom. The molecular formula is C10H14INO. The average molecular weight is 291 g/mol. The van der Waals surface area contributed by atoms with Crippen LogP contribution in [0.15, 0.2) is 18.2 Å². The lowest BCUT2D eigenvalue weighted by Crippen LogP contribution is -2.16. The van der Waals surface area contributed by atoms with E-state index in [1.807, 2.05) is 32.0 Å². The van der Waals surface area contributed by atoms with Crippen LogP contribution in [0.4, 0.5) is 0 Å². The molecule has 0 bridgehead atoms. The number of hydrogen-bond acceptors (Lipinski definition) is 2. The lowest BCUT2D eigenvalue weighted by Gasteiger charge is -2.17. The molecule has 3 N–H and O–H groups in total. The van der Waals surface area contributed by atoms with Crippen molar-refractivity contribution in [3.63, 3.8) is 0 Å². The van der Waals surface area contributed by atoms with Crippen molar-refractivity contribution in [3.05, 3.63) is 27.3 Å². The molecule has 0 aliphatic rings. The van der Waals surface area contributed by atoms with E-state index in [-0.39, 0.29) is 6.04 Å². The molecule has 0 spiro atoms. The summed E-state index contributed by atoms with van der Waals surface area (Å²) in [5.41, 5.74) is 6.78. The van der Waals surface area contributed by atoms with Gasteiger partial charge < -0.3 is 10.8 Å². The molecular weight excluding hydrogens is 277 g/mol. The van der Waals surface area contributed by atoms with Gasteiger partial charge in [-0.1, -0.05) is 26.0 Å². The molecule has 1 rings (SSSR count). The Bertz CT molecular complexity index is 299. The molecule has 0 heterocycles. The largest absolute Gasteiger partial charge is 0.506 e. The molecule has 0 radical (unpaired) electrons. The Hall–Kier alpha value is -0.290. The smallest absolute Gasteiger partial charge is 0.133 e. The monoisotopic (exact) mass is 291 g/mol. The van der Waals surface area contributed by atoms with E-state index in [4.69, 9.17) is 5.73 Å². The molecule has 0 aromatic heterocycles. The standard InChI is InChI=1S/C10H14INO/c1-6(2)9(12)7-4-3-5-8(11)10(7)13/h3-6,9,13H,12H2,1-2H3. The van der Waals surface area contributed by atoms with Crippen LogP contribution in [-0.2, 0) is 0 Å². The molecule has 1 atom stereocenters. The molecule has 0 aliphatic heterocycles. The minimum atomic E-state index is -0.0882. The zero-order valence-electron chi connectivity index (χ0n) is 7.79. The number of aromatic hydroxyl groups is 1. The Kier molecular flexibility index (Phi) is 3.55. The second-order valence-electron chi connectivity index (χ2n) is 3.45. The number of para-hydroxylation sites is 1. The van der Waals surface area contributed by atoms with E-state index in [0.717, 1.165) is 9.13 Å². The van der Waals surface area contributed by atoms with Gasteiger partial charge in [-0.05, 0) is 34.6 Å². The van der Waals surface area contributed by atoms with Gasteiger partial charge in [0.05, 0.1) is 3.57 Å². The van der Waals surface area contributed by atoms with Crippen LogP contribution >= 0.6 is 22.6 Å². The van der Waals surface area contributed by atoms with Gasteiger partial charge in [-0.2, -0.15) is 0 Å². The summed E-state index contributed by atoms with van der Waals surface area (Å²) in [6.07, 6.45) is 0. The summed E-state index contributed by atoms with van der Waals surface area (Å²) >= 11 is 2.10. The fourth-order valence-corrected chi connectivity index (χ4v) is 1.68. The van der Waals surface area contributed by atoms with Gasteiger partial charge in [0.15, 0.2) is 0 Å². The SMILES string of the molecule is CC(C)C(N)c1cccc(I)c1O. The van der Waals surface area contributed by atoms with Crippen LogP contribution in [0.5, 0.6) is 5.75 Å². The third-order valence-corrected chi connectivity index (χ3v) is 2.97. The highest BCUT2D eigenvalue weighted by atomic mass is 127. The first-order valence-corrected chi connectivity index (χ1v) is 5.35. The van der Waals surface area contributed by atoms with Gasteiger partial charge in [-0.15, -0.1) is 0 Å². The summed E-state index contributed by atoms with van der Waals surface area (Å²) < 4.78 is 0.853. The summed E-state index contributed by atoms with van der Waals surface area (Å²) in [5.74, 6) is 0.661. The van der Waals surface area contributed by atoms with E-state index >= 15 is 0 Å². The van der Waals surface area contributed by atoms with Crippen LogP contribution in [0.3, 0.4) is 0 Å². The van der Waals surface area contributed by atoms with Gasteiger partial charge in [0, 0.05) is 11.6 Å². The molecule has 1 unspecified atom stereocenters. The van der Waals surface area contributed by atoms with E-state index in [2.05, 4.69) is 22.6 Å². The first-order chi connectivity index (χ1) is 6.04. The third-order valence-electron chi connectivity index (χ3n) is 2.10. The van der Waals surface area contributed by atoms with E-state index in [9.17, 15) is 5.11 Å². The number of halogens is 1. The third kappa shape index (κ3) is 2.34. The lowest BCUT2D eigenvalue weighted by atomic mass is 9.96. The maximum absolute atomic E-state index is 9.73. The van der Waals surface area contributed by atoms with Crippen molar-refractivity contribution in [2.75, 3.05) is 0 Å². The zero-order valence-corrected chi connectivity index (χ0v) is 9.95. The number of benzene rings is 1. The highest BCUT2D eigenvalue weighted by Crippen LogP contribution is 2.30. The Balaban J connectivity index is 3.07. The van der Waals surface area contributed by atoms with E-state index in [0.29, 0.717) is 11.7 Å². The van der Waals surface area contributed by atoms with Gasteiger partial charge in [0.2, 0.25) is 0 Å². The van der Waals surface area contributed by atoms with E-state index in [1.165, 1.54) is 0 Å². The van der Waals surface area contributed by atoms with Gasteiger partial charge in [-0.3, -0.25) is 0 Å². The topological polar surface area (TPSA) is 46.2 Å². The Morgan fingerprint density at radius 2 is 2.00 bits per heavy atom. The van der Waals surface area contributed by atoms with Crippen molar-refractivity contribution in [1.29, 1.82) is 0 Å².